The number of aryl methyl sites for hydroxylation is 1. The predicted octanol–water partition coefficient (Wildman–Crippen LogP) is 0.805. The Morgan fingerprint density at radius 3 is 2.62 bits per heavy atom. The number of carbonyl (C=O) groups is 1. The fraction of sp³-hybridized carbons (Fsp3) is 0.600. The van der Waals surface area contributed by atoms with Gasteiger partial charge >= 0.3 is 0 Å². The lowest BCUT2D eigenvalue weighted by molar-refractivity contribution is -0.128. The molecule has 6 heteroatoms. The van der Waals surface area contributed by atoms with Crippen molar-refractivity contribution in [2.45, 2.75) is 20.4 Å². The van der Waals surface area contributed by atoms with E-state index in [4.69, 9.17) is 0 Å². The molecule has 0 unspecified atom stereocenters. The number of aromatic nitrogens is 1. The Balaban J connectivity index is 2.63. The van der Waals surface area contributed by atoms with Crippen molar-refractivity contribution in [1.82, 2.24) is 20.1 Å². The van der Waals surface area contributed by atoms with Gasteiger partial charge in [-0.1, -0.05) is 0 Å². The van der Waals surface area contributed by atoms with Crippen LogP contribution >= 0.6 is 0 Å². The molecule has 0 spiro atoms. The molecular weight excluding hydrogens is 266 g/mol. The van der Waals surface area contributed by atoms with E-state index in [9.17, 15) is 4.79 Å². The van der Waals surface area contributed by atoms with Crippen LogP contribution in [-0.4, -0.2) is 49.0 Å². The number of nitrogens with zero attached hydrogens (tertiary/aromatic N) is 3. The molecule has 1 rings (SSSR count). The zero-order valence-electron chi connectivity index (χ0n) is 13.9. The zero-order chi connectivity index (χ0) is 16.0. The third kappa shape index (κ3) is 4.51. The van der Waals surface area contributed by atoms with Crippen LogP contribution in [0, 0.1) is 5.41 Å². The fourth-order valence-corrected chi connectivity index (χ4v) is 2.08. The molecular formula is C15H27N5O. The monoisotopic (exact) mass is 293 g/mol. The van der Waals surface area contributed by atoms with Crippen LogP contribution < -0.4 is 10.6 Å². The first-order valence-electron chi connectivity index (χ1n) is 7.06. The fourth-order valence-electron chi connectivity index (χ4n) is 2.08. The maximum absolute atomic E-state index is 11.8. The molecule has 118 valence electrons. The summed E-state index contributed by atoms with van der Waals surface area (Å²) in [4.78, 5) is 18.1. The lowest BCUT2D eigenvalue weighted by Crippen LogP contribution is -2.47. The van der Waals surface area contributed by atoms with Crippen molar-refractivity contribution in [3.63, 3.8) is 0 Å². The van der Waals surface area contributed by atoms with Gasteiger partial charge in [-0.05, 0) is 26.0 Å². The average Bonchev–Trinajstić information content (AvgIpc) is 2.83. The second-order valence-electron chi connectivity index (χ2n) is 5.83. The van der Waals surface area contributed by atoms with Crippen molar-refractivity contribution in [3.05, 3.63) is 24.0 Å². The van der Waals surface area contributed by atoms with E-state index in [1.165, 1.54) is 5.69 Å². The van der Waals surface area contributed by atoms with Crippen LogP contribution in [-0.2, 0) is 18.4 Å². The summed E-state index contributed by atoms with van der Waals surface area (Å²) in [6, 6.07) is 4.10. The molecule has 6 nitrogen and oxygen atoms in total. The van der Waals surface area contributed by atoms with Gasteiger partial charge < -0.3 is 20.1 Å². The summed E-state index contributed by atoms with van der Waals surface area (Å²) in [5.41, 5.74) is 0.710. The summed E-state index contributed by atoms with van der Waals surface area (Å²) in [6.07, 6.45) is 2.02. The van der Waals surface area contributed by atoms with Crippen molar-refractivity contribution in [1.29, 1.82) is 0 Å². The molecule has 0 fully saturated rings. The standard InChI is InChI=1S/C15H27N5O/c1-15(2,13(21)16-3)11-18-14(17-4)20(6)10-12-8-7-9-19(12)5/h7-9H,10-11H2,1-6H3,(H,16,21)(H,17,18). The van der Waals surface area contributed by atoms with E-state index in [2.05, 4.69) is 26.3 Å². The summed E-state index contributed by atoms with van der Waals surface area (Å²) in [5, 5.41) is 5.95. The number of hydrogen-bond donors (Lipinski definition) is 2. The number of guanidine groups is 1. The Bertz CT molecular complexity index is 504. The van der Waals surface area contributed by atoms with E-state index in [1.54, 1.807) is 14.1 Å². The Morgan fingerprint density at radius 2 is 2.14 bits per heavy atom. The number of hydrogen-bond acceptors (Lipinski definition) is 2. The van der Waals surface area contributed by atoms with Crippen molar-refractivity contribution in [2.24, 2.45) is 17.5 Å². The van der Waals surface area contributed by atoms with Crippen LogP contribution in [0.4, 0.5) is 0 Å². The highest BCUT2D eigenvalue weighted by atomic mass is 16.2. The summed E-state index contributed by atoms with van der Waals surface area (Å²) in [7, 11) is 7.40. The highest BCUT2D eigenvalue weighted by Gasteiger charge is 2.27. The van der Waals surface area contributed by atoms with Gasteiger partial charge in [-0.25, -0.2) is 0 Å². The third-order valence-electron chi connectivity index (χ3n) is 3.55. The van der Waals surface area contributed by atoms with E-state index in [-0.39, 0.29) is 5.91 Å². The molecule has 1 aromatic rings. The summed E-state index contributed by atoms with van der Waals surface area (Å²) in [6.45, 7) is 5.09. The third-order valence-corrected chi connectivity index (χ3v) is 3.55. The molecule has 0 aromatic carbocycles. The Labute approximate surface area is 127 Å². The van der Waals surface area contributed by atoms with Crippen LogP contribution in [0.2, 0.25) is 0 Å². The minimum absolute atomic E-state index is 0.00976. The summed E-state index contributed by atoms with van der Waals surface area (Å²) >= 11 is 0. The molecule has 1 amide bonds. The normalized spacial score (nSPS) is 12.2. The maximum atomic E-state index is 11.8. The van der Waals surface area contributed by atoms with Gasteiger partial charge in [0.2, 0.25) is 5.91 Å². The molecule has 21 heavy (non-hydrogen) atoms. The molecule has 0 aliphatic heterocycles. The van der Waals surface area contributed by atoms with Crippen molar-refractivity contribution < 1.29 is 4.79 Å². The molecule has 0 saturated carbocycles. The van der Waals surface area contributed by atoms with Crippen LogP contribution in [0.5, 0.6) is 0 Å². The Hall–Kier alpha value is -1.98. The maximum Gasteiger partial charge on any atom is 0.227 e. The highest BCUT2D eigenvalue weighted by Crippen LogP contribution is 2.13. The van der Waals surface area contributed by atoms with Gasteiger partial charge in [-0.3, -0.25) is 9.79 Å². The van der Waals surface area contributed by atoms with Crippen LogP contribution in [0.1, 0.15) is 19.5 Å². The topological polar surface area (TPSA) is 61.7 Å². The van der Waals surface area contributed by atoms with Crippen LogP contribution in [0.25, 0.3) is 0 Å². The van der Waals surface area contributed by atoms with Gasteiger partial charge in [0.1, 0.15) is 0 Å². The van der Waals surface area contributed by atoms with E-state index in [0.717, 1.165) is 12.5 Å². The summed E-state index contributed by atoms with van der Waals surface area (Å²) < 4.78 is 2.08. The van der Waals surface area contributed by atoms with Gasteiger partial charge in [-0.15, -0.1) is 0 Å². The van der Waals surface area contributed by atoms with Crippen LogP contribution in [0.3, 0.4) is 0 Å². The molecule has 0 atom stereocenters. The van der Waals surface area contributed by atoms with Crippen molar-refractivity contribution in [3.8, 4) is 0 Å². The van der Waals surface area contributed by atoms with Crippen molar-refractivity contribution in [2.75, 3.05) is 27.7 Å². The predicted molar refractivity (Wildman–Crippen MR) is 86.1 cm³/mol. The average molecular weight is 293 g/mol. The molecule has 0 bridgehead atoms. The highest BCUT2D eigenvalue weighted by molar-refractivity contribution is 5.84. The number of amides is 1. The number of carbonyl (C=O) groups excluding carboxylic acids is 1. The van der Waals surface area contributed by atoms with Crippen LogP contribution in [0.15, 0.2) is 23.3 Å². The molecule has 0 radical (unpaired) electrons. The Kier molecular flexibility index (Phi) is 5.81. The molecule has 1 heterocycles. The first-order valence-corrected chi connectivity index (χ1v) is 7.06. The molecule has 0 aliphatic rings. The first-order chi connectivity index (χ1) is 9.81. The van der Waals surface area contributed by atoms with E-state index in [0.29, 0.717) is 6.54 Å². The molecule has 1 aromatic heterocycles. The molecule has 0 saturated heterocycles. The van der Waals surface area contributed by atoms with Gasteiger partial charge in [0.05, 0.1) is 12.0 Å². The largest absolute Gasteiger partial charge is 0.359 e. The second kappa shape index (κ2) is 7.15. The van der Waals surface area contributed by atoms with Gasteiger partial charge in [0.25, 0.3) is 0 Å². The minimum Gasteiger partial charge on any atom is -0.359 e. The number of rotatable bonds is 5. The van der Waals surface area contributed by atoms with Crippen molar-refractivity contribution >= 4 is 11.9 Å². The van der Waals surface area contributed by atoms with E-state index >= 15 is 0 Å². The lowest BCUT2D eigenvalue weighted by Gasteiger charge is -2.27. The smallest absolute Gasteiger partial charge is 0.227 e. The van der Waals surface area contributed by atoms with Gasteiger partial charge in [0, 0.05) is 46.6 Å². The first kappa shape index (κ1) is 17.1. The van der Waals surface area contributed by atoms with E-state index in [1.807, 2.05) is 45.1 Å². The quantitative estimate of drug-likeness (QED) is 0.624. The summed E-state index contributed by atoms with van der Waals surface area (Å²) in [5.74, 6) is 0.781. The van der Waals surface area contributed by atoms with Gasteiger partial charge in [-0.2, -0.15) is 0 Å². The molecule has 2 N–H and O–H groups in total. The zero-order valence-corrected chi connectivity index (χ0v) is 13.9. The lowest BCUT2D eigenvalue weighted by atomic mass is 9.92. The number of aliphatic imine (C=N–C) groups is 1. The number of nitrogens with one attached hydrogen (secondary N) is 2. The second-order valence-corrected chi connectivity index (χ2v) is 5.83. The SMILES string of the molecule is CN=C(NCC(C)(C)C(=O)NC)N(C)Cc1cccn1C. The van der Waals surface area contributed by atoms with E-state index < -0.39 is 5.41 Å². The Morgan fingerprint density at radius 1 is 1.48 bits per heavy atom. The minimum atomic E-state index is -0.490. The molecule has 0 aliphatic carbocycles. The van der Waals surface area contributed by atoms with Gasteiger partial charge in [0.15, 0.2) is 5.96 Å².